The maximum absolute atomic E-state index is 16.0. The van der Waals surface area contributed by atoms with Gasteiger partial charge in [0.25, 0.3) is 5.91 Å². The second kappa shape index (κ2) is 10.8. The van der Waals surface area contributed by atoms with E-state index in [9.17, 15) is 14.4 Å². The van der Waals surface area contributed by atoms with Gasteiger partial charge in [-0.05, 0) is 52.8 Å². The van der Waals surface area contributed by atoms with Gasteiger partial charge in [-0.2, -0.15) is 0 Å². The van der Waals surface area contributed by atoms with Crippen LogP contribution in [0.5, 0.6) is 0 Å². The molecule has 1 aliphatic rings. The largest absolute Gasteiger partial charge is 0.444 e. The predicted octanol–water partition coefficient (Wildman–Crippen LogP) is 5.05. The molecule has 2 amide bonds. The van der Waals surface area contributed by atoms with Crippen LogP contribution in [0.25, 0.3) is 10.9 Å². The summed E-state index contributed by atoms with van der Waals surface area (Å²) in [4.78, 5) is 45.7. The van der Waals surface area contributed by atoms with E-state index in [1.54, 1.807) is 34.6 Å². The van der Waals surface area contributed by atoms with Gasteiger partial charge in [0.1, 0.15) is 28.5 Å². The lowest BCUT2D eigenvalue weighted by atomic mass is 10.1. The average molecular weight is 562 g/mol. The zero-order valence-corrected chi connectivity index (χ0v) is 23.1. The zero-order chi connectivity index (χ0) is 28.6. The molecule has 9 nitrogen and oxygen atoms in total. The number of hydrogen-bond donors (Lipinski definition) is 1. The summed E-state index contributed by atoms with van der Waals surface area (Å²) in [5.74, 6) is -2.45. The molecule has 0 spiro atoms. The van der Waals surface area contributed by atoms with E-state index in [-0.39, 0.29) is 60.2 Å². The molecule has 1 atom stereocenters. The van der Waals surface area contributed by atoms with Crippen molar-refractivity contribution in [2.24, 2.45) is 0 Å². The fourth-order valence-corrected chi connectivity index (χ4v) is 4.68. The quantitative estimate of drug-likeness (QED) is 0.479. The fourth-order valence-electron chi connectivity index (χ4n) is 4.56. The molecule has 1 aromatic carbocycles. The first-order valence-corrected chi connectivity index (χ1v) is 12.9. The van der Waals surface area contributed by atoms with Crippen molar-refractivity contribution in [2.75, 3.05) is 29.9 Å². The van der Waals surface area contributed by atoms with E-state index >= 15 is 8.78 Å². The molecule has 0 bridgehead atoms. The minimum absolute atomic E-state index is 0.109. The van der Waals surface area contributed by atoms with Crippen LogP contribution in [-0.2, 0) is 11.3 Å². The van der Waals surface area contributed by atoms with Crippen LogP contribution in [0.1, 0.15) is 45.0 Å². The Hall–Kier alpha value is -3.73. The summed E-state index contributed by atoms with van der Waals surface area (Å²) in [5.41, 5.74) is -2.17. The van der Waals surface area contributed by atoms with Gasteiger partial charge in [0.05, 0.1) is 15.9 Å². The van der Waals surface area contributed by atoms with E-state index in [1.165, 1.54) is 38.9 Å². The van der Waals surface area contributed by atoms with Crippen LogP contribution in [0.3, 0.4) is 0 Å². The van der Waals surface area contributed by atoms with Gasteiger partial charge in [-0.3, -0.25) is 9.59 Å². The van der Waals surface area contributed by atoms with Gasteiger partial charge in [0.2, 0.25) is 5.43 Å². The molecule has 0 aliphatic carbocycles. The number of aryl methyl sites for hydroxylation is 1. The molecule has 1 saturated heterocycles. The molecule has 2 aromatic heterocycles. The molecule has 1 aliphatic heterocycles. The molecule has 39 heavy (non-hydrogen) atoms. The lowest BCUT2D eigenvalue weighted by molar-refractivity contribution is 0.0158. The molecule has 3 heterocycles. The highest BCUT2D eigenvalue weighted by atomic mass is 35.5. The third-order valence-corrected chi connectivity index (χ3v) is 6.58. The number of piperazine rings is 1. The molecule has 12 heteroatoms. The molecule has 4 rings (SSSR count). The predicted molar refractivity (Wildman–Crippen MR) is 146 cm³/mol. The third kappa shape index (κ3) is 5.83. The highest BCUT2D eigenvalue weighted by Crippen LogP contribution is 2.32. The molecule has 1 unspecified atom stereocenters. The van der Waals surface area contributed by atoms with E-state index in [2.05, 4.69) is 10.3 Å². The van der Waals surface area contributed by atoms with Crippen molar-refractivity contribution < 1.29 is 23.1 Å². The van der Waals surface area contributed by atoms with Crippen molar-refractivity contribution in [1.29, 1.82) is 0 Å². The maximum Gasteiger partial charge on any atom is 0.410 e. The molecular weight excluding hydrogens is 532 g/mol. The van der Waals surface area contributed by atoms with Gasteiger partial charge < -0.3 is 24.4 Å². The molecule has 1 fully saturated rings. The van der Waals surface area contributed by atoms with Gasteiger partial charge >= 0.3 is 6.09 Å². The van der Waals surface area contributed by atoms with E-state index in [0.29, 0.717) is 5.02 Å². The Labute approximate surface area is 229 Å². The standard InChI is InChI=1S/C27H30ClF2N5O4/c1-6-33-14-18(25(37)32-20-8-7-16(28)12-31-20)24(36)17-11-19(29)23(21(30)22(17)33)34-9-10-35(15(2)13-34)26(38)39-27(3,4)5/h7-8,11-12,14-15H,6,9-10,13H2,1-5H3,(H,31,32,37). The Morgan fingerprint density at radius 1 is 1.23 bits per heavy atom. The lowest BCUT2D eigenvalue weighted by Gasteiger charge is -2.41. The van der Waals surface area contributed by atoms with Gasteiger partial charge in [-0.1, -0.05) is 11.6 Å². The number of hydrogen-bond acceptors (Lipinski definition) is 6. The Bertz CT molecular complexity index is 1490. The number of nitrogens with one attached hydrogen (secondary N) is 1. The van der Waals surface area contributed by atoms with Crippen LogP contribution in [0.15, 0.2) is 35.4 Å². The lowest BCUT2D eigenvalue weighted by Crippen LogP contribution is -2.55. The summed E-state index contributed by atoms with van der Waals surface area (Å²) >= 11 is 5.82. The Kier molecular flexibility index (Phi) is 7.83. The second-order valence-electron chi connectivity index (χ2n) is 10.4. The Morgan fingerprint density at radius 3 is 2.54 bits per heavy atom. The molecule has 1 N–H and O–H groups in total. The van der Waals surface area contributed by atoms with Crippen LogP contribution in [0, 0.1) is 11.6 Å². The van der Waals surface area contributed by atoms with Gasteiger partial charge in [0.15, 0.2) is 5.82 Å². The van der Waals surface area contributed by atoms with Crippen molar-refractivity contribution in [1.82, 2.24) is 14.5 Å². The molecule has 3 aromatic rings. The molecule has 208 valence electrons. The first kappa shape index (κ1) is 28.3. The molecule has 0 saturated carbocycles. The highest BCUT2D eigenvalue weighted by Gasteiger charge is 2.34. The van der Waals surface area contributed by atoms with Crippen molar-refractivity contribution >= 4 is 46.0 Å². The number of halogens is 3. The van der Waals surface area contributed by atoms with E-state index < -0.39 is 34.7 Å². The van der Waals surface area contributed by atoms with Crippen molar-refractivity contribution in [3.05, 3.63) is 63.0 Å². The number of carbonyl (C=O) groups is 2. The average Bonchev–Trinajstić information content (AvgIpc) is 2.85. The smallest absolute Gasteiger partial charge is 0.410 e. The number of carbonyl (C=O) groups excluding carboxylic acids is 2. The van der Waals surface area contributed by atoms with Crippen LogP contribution in [0.4, 0.5) is 25.1 Å². The minimum atomic E-state index is -0.936. The van der Waals surface area contributed by atoms with E-state index in [4.69, 9.17) is 16.3 Å². The number of aromatic nitrogens is 2. The summed E-state index contributed by atoms with van der Waals surface area (Å²) in [6.45, 7) is 9.52. The number of pyridine rings is 2. The minimum Gasteiger partial charge on any atom is -0.444 e. The summed E-state index contributed by atoms with van der Waals surface area (Å²) < 4.78 is 38.3. The van der Waals surface area contributed by atoms with Crippen LogP contribution in [0.2, 0.25) is 5.02 Å². The first-order chi connectivity index (χ1) is 18.3. The van der Waals surface area contributed by atoms with E-state index in [0.717, 1.165) is 6.07 Å². The SMILES string of the molecule is CCn1cc(C(=O)Nc2ccc(Cl)cn2)c(=O)c2cc(F)c(N3CCN(C(=O)OC(C)(C)C)C(C)C3)c(F)c21. The number of benzene rings is 1. The topological polar surface area (TPSA) is 96.8 Å². The summed E-state index contributed by atoms with van der Waals surface area (Å²) in [6, 6.07) is 3.57. The summed E-state index contributed by atoms with van der Waals surface area (Å²) in [5, 5.41) is 2.62. The van der Waals surface area contributed by atoms with E-state index in [1.807, 2.05) is 0 Å². The number of nitrogens with zero attached hydrogens (tertiary/aromatic N) is 4. The Morgan fingerprint density at radius 2 is 1.95 bits per heavy atom. The molecular formula is C27H30ClF2N5O4. The third-order valence-electron chi connectivity index (χ3n) is 6.36. The van der Waals surface area contributed by atoms with Crippen LogP contribution in [-0.4, -0.2) is 57.7 Å². The maximum atomic E-state index is 16.0. The van der Waals surface area contributed by atoms with Gasteiger partial charge in [-0.25, -0.2) is 18.6 Å². The van der Waals surface area contributed by atoms with Crippen molar-refractivity contribution in [3.8, 4) is 0 Å². The number of ether oxygens (including phenoxy) is 1. The first-order valence-electron chi connectivity index (χ1n) is 12.5. The fraction of sp³-hybridized carbons (Fsp3) is 0.407. The number of rotatable bonds is 4. The van der Waals surface area contributed by atoms with Gasteiger partial charge in [0, 0.05) is 44.6 Å². The summed E-state index contributed by atoms with van der Waals surface area (Å²) in [6.07, 6.45) is 2.10. The van der Waals surface area contributed by atoms with Gasteiger partial charge in [-0.15, -0.1) is 0 Å². The number of amides is 2. The normalized spacial score (nSPS) is 15.9. The molecule has 0 radical (unpaired) electrons. The zero-order valence-electron chi connectivity index (χ0n) is 22.3. The summed E-state index contributed by atoms with van der Waals surface area (Å²) in [7, 11) is 0. The monoisotopic (exact) mass is 561 g/mol. The van der Waals surface area contributed by atoms with Crippen molar-refractivity contribution in [3.63, 3.8) is 0 Å². The van der Waals surface area contributed by atoms with Crippen LogP contribution < -0.4 is 15.6 Å². The number of anilines is 2. The van der Waals surface area contributed by atoms with Crippen LogP contribution >= 0.6 is 11.6 Å². The highest BCUT2D eigenvalue weighted by molar-refractivity contribution is 6.30. The number of fused-ring (bicyclic) bond motifs is 1. The Balaban J connectivity index is 1.68. The van der Waals surface area contributed by atoms with Crippen molar-refractivity contribution in [2.45, 2.75) is 52.8 Å². The second-order valence-corrected chi connectivity index (χ2v) is 10.8.